The second kappa shape index (κ2) is 10.6. The number of thiazole rings is 1. The van der Waals surface area contributed by atoms with Crippen LogP contribution in [0, 0.1) is 0 Å². The number of nitrogens with zero attached hydrogens (tertiary/aromatic N) is 2. The minimum Gasteiger partial charge on any atom is -0.497 e. The highest BCUT2D eigenvalue weighted by Gasteiger charge is 2.22. The van der Waals surface area contributed by atoms with Crippen LogP contribution < -0.4 is 25.8 Å². The predicted molar refractivity (Wildman–Crippen MR) is 124 cm³/mol. The van der Waals surface area contributed by atoms with Crippen molar-refractivity contribution in [1.82, 2.24) is 15.7 Å². The molecule has 31 heavy (non-hydrogen) atoms. The number of carbonyl (C=O) groups is 2. The van der Waals surface area contributed by atoms with Gasteiger partial charge < -0.3 is 15.4 Å². The third-order valence-corrected chi connectivity index (χ3v) is 5.19. The molecule has 0 atom stereocenters. The fraction of sp³-hybridized carbons (Fsp3) is 0.190. The van der Waals surface area contributed by atoms with Gasteiger partial charge >= 0.3 is 12.1 Å². The van der Waals surface area contributed by atoms with Crippen LogP contribution in [0.3, 0.4) is 0 Å². The SMILES string of the molecule is CCCNC(=O)N(NC(=O)Nc1ccc(Cl)cc1)c1nc(-c2ccc(OC)cc2)cs1. The zero-order valence-corrected chi connectivity index (χ0v) is 18.6. The Kier molecular flexibility index (Phi) is 7.69. The van der Waals surface area contributed by atoms with Gasteiger partial charge in [-0.05, 0) is 55.0 Å². The predicted octanol–water partition coefficient (Wildman–Crippen LogP) is 5.13. The Labute approximate surface area is 189 Å². The molecule has 3 rings (SSSR count). The van der Waals surface area contributed by atoms with E-state index < -0.39 is 12.1 Å². The first-order chi connectivity index (χ1) is 15.0. The number of carbonyl (C=O) groups excluding carboxylic acids is 2. The monoisotopic (exact) mass is 459 g/mol. The van der Waals surface area contributed by atoms with Crippen LogP contribution >= 0.6 is 22.9 Å². The fourth-order valence-electron chi connectivity index (χ4n) is 2.55. The first kappa shape index (κ1) is 22.4. The maximum absolute atomic E-state index is 12.7. The van der Waals surface area contributed by atoms with Gasteiger partial charge in [-0.15, -0.1) is 11.3 Å². The molecule has 8 nitrogen and oxygen atoms in total. The Hall–Kier alpha value is -3.30. The summed E-state index contributed by atoms with van der Waals surface area (Å²) in [6, 6.07) is 13.0. The molecule has 0 unspecified atom stereocenters. The van der Waals surface area contributed by atoms with E-state index in [9.17, 15) is 9.59 Å². The number of urea groups is 2. The van der Waals surface area contributed by atoms with Gasteiger partial charge in [0.25, 0.3) is 0 Å². The van der Waals surface area contributed by atoms with Crippen LogP contribution in [-0.4, -0.2) is 30.7 Å². The number of ether oxygens (including phenoxy) is 1. The normalized spacial score (nSPS) is 10.3. The summed E-state index contributed by atoms with van der Waals surface area (Å²) in [5, 5.41) is 9.20. The second-order valence-corrected chi connectivity index (χ2v) is 7.66. The van der Waals surface area contributed by atoms with Gasteiger partial charge in [0.15, 0.2) is 0 Å². The number of hydrogen-bond donors (Lipinski definition) is 3. The molecule has 3 N–H and O–H groups in total. The molecule has 3 aromatic rings. The lowest BCUT2D eigenvalue weighted by atomic mass is 10.2. The molecule has 0 fully saturated rings. The number of aromatic nitrogens is 1. The van der Waals surface area contributed by atoms with Crippen molar-refractivity contribution in [3.8, 4) is 17.0 Å². The standard InChI is InChI=1S/C21H22ClN5O3S/c1-3-12-23-20(29)27(26-19(28)24-16-8-6-15(22)7-9-16)21-25-18(13-31-21)14-4-10-17(30-2)11-5-14/h4-11,13H,3,12H2,1-2H3,(H,23,29)(H2,24,26,28). The van der Waals surface area contributed by atoms with Crippen molar-refractivity contribution in [3.05, 3.63) is 58.9 Å². The van der Waals surface area contributed by atoms with Gasteiger partial charge in [0.2, 0.25) is 5.13 Å². The zero-order chi connectivity index (χ0) is 22.2. The van der Waals surface area contributed by atoms with E-state index in [0.717, 1.165) is 22.7 Å². The quantitative estimate of drug-likeness (QED) is 0.445. The van der Waals surface area contributed by atoms with Crippen molar-refractivity contribution in [3.63, 3.8) is 0 Å². The molecule has 0 saturated heterocycles. The van der Waals surface area contributed by atoms with E-state index in [0.29, 0.717) is 28.1 Å². The number of anilines is 2. The Balaban J connectivity index is 1.78. The Morgan fingerprint density at radius 1 is 1.13 bits per heavy atom. The van der Waals surface area contributed by atoms with Crippen LogP contribution in [0.5, 0.6) is 5.75 Å². The first-order valence-corrected chi connectivity index (χ1v) is 10.8. The molecular formula is C21H22ClN5O3S. The number of halogens is 1. The summed E-state index contributed by atoms with van der Waals surface area (Å²) in [5.74, 6) is 0.736. The highest BCUT2D eigenvalue weighted by atomic mass is 35.5. The third-order valence-electron chi connectivity index (χ3n) is 4.11. The zero-order valence-electron chi connectivity index (χ0n) is 17.0. The molecule has 0 aliphatic rings. The molecule has 0 bridgehead atoms. The number of hydrazine groups is 1. The van der Waals surface area contributed by atoms with Crippen molar-refractivity contribution in [2.45, 2.75) is 13.3 Å². The molecule has 0 saturated carbocycles. The number of amides is 4. The number of rotatable bonds is 6. The molecular weight excluding hydrogens is 438 g/mol. The first-order valence-electron chi connectivity index (χ1n) is 9.51. The number of hydrogen-bond acceptors (Lipinski definition) is 5. The lowest BCUT2D eigenvalue weighted by molar-refractivity contribution is 0.237. The van der Waals surface area contributed by atoms with Gasteiger partial charge in [-0.1, -0.05) is 18.5 Å². The average Bonchev–Trinajstić information content (AvgIpc) is 3.27. The summed E-state index contributed by atoms with van der Waals surface area (Å²) in [6.45, 7) is 2.41. The van der Waals surface area contributed by atoms with Crippen LogP contribution in [0.15, 0.2) is 53.9 Å². The Morgan fingerprint density at radius 2 is 1.84 bits per heavy atom. The summed E-state index contributed by atoms with van der Waals surface area (Å²) < 4.78 is 5.18. The van der Waals surface area contributed by atoms with Gasteiger partial charge in [-0.2, -0.15) is 5.01 Å². The summed E-state index contributed by atoms with van der Waals surface area (Å²) in [5.41, 5.74) is 4.63. The van der Waals surface area contributed by atoms with Crippen LogP contribution in [0.1, 0.15) is 13.3 Å². The fourth-order valence-corrected chi connectivity index (χ4v) is 3.47. The van der Waals surface area contributed by atoms with E-state index in [1.165, 1.54) is 11.3 Å². The highest BCUT2D eigenvalue weighted by Crippen LogP contribution is 2.28. The summed E-state index contributed by atoms with van der Waals surface area (Å²) in [7, 11) is 1.60. The lowest BCUT2D eigenvalue weighted by Crippen LogP contribution is -2.52. The van der Waals surface area contributed by atoms with Crippen LogP contribution in [0.2, 0.25) is 5.02 Å². The summed E-state index contributed by atoms with van der Waals surface area (Å²) in [6.07, 6.45) is 0.755. The smallest absolute Gasteiger partial charge is 0.343 e. The molecule has 1 aromatic heterocycles. The van der Waals surface area contributed by atoms with E-state index in [1.807, 2.05) is 36.6 Å². The topological polar surface area (TPSA) is 95.6 Å². The van der Waals surface area contributed by atoms with Crippen molar-refractivity contribution < 1.29 is 14.3 Å². The minimum absolute atomic E-state index is 0.325. The third kappa shape index (κ3) is 6.09. The van der Waals surface area contributed by atoms with Gasteiger partial charge in [0.05, 0.1) is 12.8 Å². The minimum atomic E-state index is -0.588. The maximum atomic E-state index is 12.7. The van der Waals surface area contributed by atoms with Crippen molar-refractivity contribution in [2.75, 3.05) is 24.0 Å². The summed E-state index contributed by atoms with van der Waals surface area (Å²) >= 11 is 7.11. The number of nitrogens with one attached hydrogen (secondary N) is 3. The van der Waals surface area contributed by atoms with Crippen LogP contribution in [-0.2, 0) is 0 Å². The molecule has 0 radical (unpaired) electrons. The maximum Gasteiger partial charge on any atom is 0.343 e. The van der Waals surface area contributed by atoms with E-state index in [2.05, 4.69) is 21.0 Å². The van der Waals surface area contributed by atoms with E-state index in [4.69, 9.17) is 16.3 Å². The van der Waals surface area contributed by atoms with Crippen molar-refractivity contribution in [1.29, 1.82) is 0 Å². The molecule has 0 spiro atoms. The second-order valence-electron chi connectivity index (χ2n) is 6.38. The highest BCUT2D eigenvalue weighted by molar-refractivity contribution is 7.14. The molecule has 0 aliphatic carbocycles. The molecule has 1 heterocycles. The van der Waals surface area contributed by atoms with Gasteiger partial charge in [0, 0.05) is 28.2 Å². The van der Waals surface area contributed by atoms with Gasteiger partial charge in [-0.3, -0.25) is 0 Å². The van der Waals surface area contributed by atoms with Gasteiger partial charge in [-0.25, -0.2) is 20.0 Å². The Morgan fingerprint density at radius 3 is 2.48 bits per heavy atom. The summed E-state index contributed by atoms with van der Waals surface area (Å²) in [4.78, 5) is 29.7. The number of benzene rings is 2. The molecule has 2 aromatic carbocycles. The Bertz CT molecular complexity index is 1020. The molecule has 0 aliphatic heterocycles. The lowest BCUT2D eigenvalue weighted by Gasteiger charge is -2.21. The average molecular weight is 460 g/mol. The van der Waals surface area contributed by atoms with Crippen molar-refractivity contribution >= 4 is 45.8 Å². The largest absolute Gasteiger partial charge is 0.497 e. The van der Waals surface area contributed by atoms with Crippen LogP contribution in [0.4, 0.5) is 20.4 Å². The van der Waals surface area contributed by atoms with E-state index in [1.54, 1.807) is 31.4 Å². The van der Waals surface area contributed by atoms with Crippen molar-refractivity contribution in [2.24, 2.45) is 0 Å². The molecule has 4 amide bonds. The van der Waals surface area contributed by atoms with Crippen LogP contribution in [0.25, 0.3) is 11.3 Å². The van der Waals surface area contributed by atoms with Gasteiger partial charge in [0.1, 0.15) is 5.75 Å². The van der Waals surface area contributed by atoms with E-state index >= 15 is 0 Å². The number of methoxy groups -OCH3 is 1. The molecule has 10 heteroatoms. The molecule has 162 valence electrons. The van der Waals surface area contributed by atoms with E-state index in [-0.39, 0.29) is 0 Å².